The van der Waals surface area contributed by atoms with Crippen LogP contribution in [0.3, 0.4) is 0 Å². The lowest BCUT2D eigenvalue weighted by Crippen LogP contribution is -2.31. The summed E-state index contributed by atoms with van der Waals surface area (Å²) in [5, 5.41) is 29.6. The van der Waals surface area contributed by atoms with Gasteiger partial charge in [-0.25, -0.2) is 28.9 Å². The van der Waals surface area contributed by atoms with E-state index in [4.69, 9.17) is 43.7 Å². The quantitative estimate of drug-likeness (QED) is 0.0586. The van der Waals surface area contributed by atoms with Gasteiger partial charge in [-0.05, 0) is 103 Å². The molecule has 2 aliphatic heterocycles. The molecule has 4 aromatic carbocycles. The molecule has 79 heavy (non-hydrogen) atoms. The van der Waals surface area contributed by atoms with Gasteiger partial charge in [0.2, 0.25) is 5.91 Å². The van der Waals surface area contributed by atoms with Crippen molar-refractivity contribution in [2.24, 2.45) is 0 Å². The Morgan fingerprint density at radius 1 is 0.595 bits per heavy atom. The summed E-state index contributed by atoms with van der Waals surface area (Å²) in [7, 11) is 6.00. The van der Waals surface area contributed by atoms with Crippen molar-refractivity contribution in [1.82, 2.24) is 39.7 Å². The fourth-order valence-corrected chi connectivity index (χ4v) is 8.84. The number of nitrogens with one attached hydrogen (secondary N) is 3. The van der Waals surface area contributed by atoms with Gasteiger partial charge in [-0.3, -0.25) is 9.59 Å². The van der Waals surface area contributed by atoms with Gasteiger partial charge >= 0.3 is 17.9 Å². The zero-order valence-corrected chi connectivity index (χ0v) is 44.9. The van der Waals surface area contributed by atoms with E-state index < -0.39 is 11.9 Å². The van der Waals surface area contributed by atoms with Crippen molar-refractivity contribution in [3.63, 3.8) is 0 Å². The number of carbonyl (C=O) groups is 4. The maximum absolute atomic E-state index is 12.2. The van der Waals surface area contributed by atoms with Crippen LogP contribution in [0.4, 0.5) is 11.6 Å². The number of hydrogen-bond donors (Lipinski definition) is 4. The molecule has 4 N–H and O–H groups in total. The van der Waals surface area contributed by atoms with Gasteiger partial charge in [0, 0.05) is 69.1 Å². The first kappa shape index (κ1) is 56.0. The summed E-state index contributed by atoms with van der Waals surface area (Å²) in [4.78, 5) is 56.3. The zero-order chi connectivity index (χ0) is 55.8. The molecule has 0 unspecified atom stereocenters. The molecule has 2 fully saturated rings. The third kappa shape index (κ3) is 14.2. The van der Waals surface area contributed by atoms with E-state index in [1.54, 1.807) is 88.1 Å². The molecule has 21 heteroatoms. The van der Waals surface area contributed by atoms with Crippen LogP contribution in [0.15, 0.2) is 122 Å². The van der Waals surface area contributed by atoms with Gasteiger partial charge in [0.15, 0.2) is 22.9 Å². The third-order valence-electron chi connectivity index (χ3n) is 13.1. The summed E-state index contributed by atoms with van der Waals surface area (Å²) >= 11 is 0. The van der Waals surface area contributed by atoms with Crippen molar-refractivity contribution in [2.75, 3.05) is 65.3 Å². The molecule has 10 rings (SSSR count). The number of ether oxygens (including phenoxy) is 6. The molecule has 2 aliphatic rings. The Hall–Kier alpha value is -9.24. The van der Waals surface area contributed by atoms with Crippen LogP contribution in [-0.2, 0) is 32.2 Å². The number of methoxy groups -OCH3 is 4. The summed E-state index contributed by atoms with van der Waals surface area (Å²) in [6, 6.07) is 33.3. The lowest BCUT2D eigenvalue weighted by molar-refractivity contribution is -0.136. The van der Waals surface area contributed by atoms with E-state index in [0.29, 0.717) is 78.2 Å². The summed E-state index contributed by atoms with van der Waals surface area (Å²) in [6.45, 7) is 7.70. The molecule has 4 aromatic heterocycles. The van der Waals surface area contributed by atoms with Crippen molar-refractivity contribution >= 4 is 57.5 Å². The number of likely N-dealkylation sites (tertiary alicyclic amines) is 1. The summed E-state index contributed by atoms with van der Waals surface area (Å²) in [5.74, 6) is 3.94. The smallest absolute Gasteiger partial charge is 0.337 e. The number of pyridine rings is 2. The molecule has 0 bridgehead atoms. The van der Waals surface area contributed by atoms with Crippen molar-refractivity contribution in [3.05, 3.63) is 144 Å². The molecule has 412 valence electrons. The van der Waals surface area contributed by atoms with Crippen LogP contribution in [0.1, 0.15) is 71.4 Å². The average Bonchev–Trinajstić information content (AvgIpc) is 4.43. The highest BCUT2D eigenvalue weighted by atomic mass is 16.5. The van der Waals surface area contributed by atoms with Gasteiger partial charge < -0.3 is 54.4 Å². The minimum Gasteiger partial charge on any atom is -0.497 e. The van der Waals surface area contributed by atoms with E-state index in [1.165, 1.54) is 14.2 Å². The highest BCUT2D eigenvalue weighted by Crippen LogP contribution is 2.37. The minimum absolute atomic E-state index is 0.0560. The number of carbonyl (C=O) groups excluding carboxylic acids is 3. The second-order valence-corrected chi connectivity index (χ2v) is 18.4. The van der Waals surface area contributed by atoms with E-state index in [-0.39, 0.29) is 30.4 Å². The Labute approximate surface area is 456 Å². The normalized spacial score (nSPS) is 14.5. The maximum Gasteiger partial charge on any atom is 0.337 e. The Balaban J connectivity index is 0.000000193. The third-order valence-corrected chi connectivity index (χ3v) is 13.1. The molecule has 21 nitrogen and oxygen atoms in total. The first-order chi connectivity index (χ1) is 38.4. The summed E-state index contributed by atoms with van der Waals surface area (Å²) in [6.07, 6.45) is 5.95. The molecule has 0 radical (unpaired) electrons. The molecule has 0 spiro atoms. The van der Waals surface area contributed by atoms with Crippen molar-refractivity contribution in [3.8, 4) is 34.5 Å². The predicted octanol–water partition coefficient (Wildman–Crippen LogP) is 8.81. The number of aliphatic carboxylic acids is 1. The highest BCUT2D eigenvalue weighted by molar-refractivity contribution is 5.95. The number of aromatic nitrogens is 6. The summed E-state index contributed by atoms with van der Waals surface area (Å²) in [5.41, 5.74) is 4.40. The number of amides is 1. The molecule has 8 aromatic rings. The molecule has 2 saturated heterocycles. The Morgan fingerprint density at radius 3 is 1.43 bits per heavy atom. The van der Waals surface area contributed by atoms with Gasteiger partial charge in [0.05, 0.1) is 52.7 Å². The minimum atomic E-state index is -0.745. The number of rotatable bonds is 18. The number of esters is 2. The molecule has 0 aliphatic carbocycles. The van der Waals surface area contributed by atoms with Gasteiger partial charge in [-0.2, -0.15) is 10.2 Å². The Bertz CT molecular complexity index is 3340. The summed E-state index contributed by atoms with van der Waals surface area (Å²) < 4.78 is 36.4. The molecule has 1 amide bonds. The van der Waals surface area contributed by atoms with Gasteiger partial charge in [0.25, 0.3) is 0 Å². The standard InChI is InChI=1S/C29H31N5O5.C26H27N5O4.C3H6O2/c1-4-25(35)33-16-14-21(18-33)31-27-26-24(39-23-11-7-20(8-12-23)29(36)38-3)13-15-30-28(26)34(32-27)17-19-5-9-22(37-2)10-6-19;1-33-20-7-3-17(4-8-20)16-31-25-23(24(30-31)29-19-11-13-27-15-19)22(12-14-28-25)35-21-9-5-18(6-10-21)26(32)34-2;1-2-3(4)5/h5-13,15,21H,4,14,16-18H2,1-3H3,(H,31,32);3-10,12,14,19,27H,11,13,15-16H2,1-2H3,(H,29,30);2H2,1H3,(H,4,5)/t21-;19-;/m11./s1. The van der Waals surface area contributed by atoms with Gasteiger partial charge in [-0.15, -0.1) is 0 Å². The zero-order valence-electron chi connectivity index (χ0n) is 44.9. The Kier molecular flexibility index (Phi) is 18.9. The topological polar surface area (TPSA) is 245 Å². The monoisotopic (exact) mass is 1080 g/mol. The molecule has 6 heterocycles. The average molecular weight is 1080 g/mol. The fraction of sp³-hybridized carbons (Fsp3) is 0.310. The van der Waals surface area contributed by atoms with Crippen LogP contribution in [0.2, 0.25) is 0 Å². The van der Waals surface area contributed by atoms with Crippen molar-refractivity contribution in [1.29, 1.82) is 0 Å². The first-order valence-corrected chi connectivity index (χ1v) is 25.8. The largest absolute Gasteiger partial charge is 0.497 e. The van der Waals surface area contributed by atoms with Crippen LogP contribution < -0.4 is 34.9 Å². The van der Waals surface area contributed by atoms with Crippen LogP contribution in [-0.4, -0.2) is 130 Å². The van der Waals surface area contributed by atoms with E-state index in [0.717, 1.165) is 70.8 Å². The molecular weight excluding hydrogens is 1010 g/mol. The fourth-order valence-electron chi connectivity index (χ4n) is 8.84. The lowest BCUT2D eigenvalue weighted by Gasteiger charge is -2.16. The second kappa shape index (κ2) is 26.7. The lowest BCUT2D eigenvalue weighted by atomic mass is 10.2. The Morgan fingerprint density at radius 2 is 1.04 bits per heavy atom. The highest BCUT2D eigenvalue weighted by Gasteiger charge is 2.28. The first-order valence-electron chi connectivity index (χ1n) is 25.8. The predicted molar refractivity (Wildman–Crippen MR) is 297 cm³/mol. The van der Waals surface area contributed by atoms with E-state index in [2.05, 4.69) is 25.9 Å². The number of hydrogen-bond acceptors (Lipinski definition) is 17. The van der Waals surface area contributed by atoms with Gasteiger partial charge in [-0.1, -0.05) is 38.1 Å². The molecular formula is C58H64N10O11. The number of carboxylic acids is 1. The molecule has 0 saturated carbocycles. The number of nitrogens with zero attached hydrogens (tertiary/aromatic N) is 7. The van der Waals surface area contributed by atoms with Crippen LogP contribution >= 0.6 is 0 Å². The van der Waals surface area contributed by atoms with E-state index in [1.807, 2.05) is 75.8 Å². The number of carboxylic acid groups (broad SMARTS) is 1. The SMILES string of the molecule is CCC(=O)N1CC[C@@H](Nc2nn(Cc3ccc(OC)cc3)c3nccc(Oc4ccc(C(=O)OC)cc4)c23)C1.CCC(=O)O.COC(=O)c1ccc(Oc2ccnc3c2c(N[C@@H]2CCNC2)nn3Cc2ccc(OC)cc2)cc1. The van der Waals surface area contributed by atoms with Crippen LogP contribution in [0.5, 0.6) is 34.5 Å². The van der Waals surface area contributed by atoms with Crippen LogP contribution in [0, 0.1) is 0 Å². The van der Waals surface area contributed by atoms with E-state index in [9.17, 15) is 19.2 Å². The van der Waals surface area contributed by atoms with Gasteiger partial charge in [0.1, 0.15) is 45.3 Å². The van der Waals surface area contributed by atoms with Crippen molar-refractivity contribution in [2.45, 2.75) is 64.7 Å². The van der Waals surface area contributed by atoms with Crippen LogP contribution in [0.25, 0.3) is 22.1 Å². The second-order valence-electron chi connectivity index (χ2n) is 18.4. The number of anilines is 2. The number of fused-ring (bicyclic) bond motifs is 2. The maximum atomic E-state index is 12.2. The number of benzene rings is 4. The molecule has 2 atom stereocenters. The van der Waals surface area contributed by atoms with E-state index >= 15 is 0 Å². The van der Waals surface area contributed by atoms with Crippen molar-refractivity contribution < 1.29 is 52.7 Å².